The van der Waals surface area contributed by atoms with E-state index in [1.54, 1.807) is 0 Å². The van der Waals surface area contributed by atoms with Crippen molar-refractivity contribution in [2.45, 2.75) is 51.5 Å². The smallest absolute Gasteiger partial charge is 0.0558 e. The minimum absolute atomic E-state index is 0.277. The summed E-state index contributed by atoms with van der Waals surface area (Å²) in [4.78, 5) is 2.31. The van der Waals surface area contributed by atoms with Gasteiger partial charge in [-0.05, 0) is 44.1 Å². The molecule has 2 N–H and O–H groups in total. The maximum absolute atomic E-state index is 9.06. The lowest BCUT2D eigenvalue weighted by molar-refractivity contribution is 0.0891. The van der Waals surface area contributed by atoms with Crippen LogP contribution in [0.5, 0.6) is 0 Å². The highest BCUT2D eigenvalue weighted by atomic mass is 16.3. The molecule has 0 spiro atoms. The first-order chi connectivity index (χ1) is 8.63. The van der Waals surface area contributed by atoms with Crippen molar-refractivity contribution in [1.29, 1.82) is 0 Å². The predicted molar refractivity (Wildman–Crippen MR) is 75.7 cm³/mol. The van der Waals surface area contributed by atoms with Crippen LogP contribution in [0.1, 0.15) is 45.4 Å². The van der Waals surface area contributed by atoms with Gasteiger partial charge in [-0.2, -0.15) is 0 Å². The van der Waals surface area contributed by atoms with Gasteiger partial charge in [0.25, 0.3) is 0 Å². The van der Waals surface area contributed by atoms with Crippen molar-refractivity contribution < 1.29 is 5.11 Å². The molecule has 3 nitrogen and oxygen atoms in total. The van der Waals surface area contributed by atoms with Gasteiger partial charge < -0.3 is 15.3 Å². The van der Waals surface area contributed by atoms with Crippen molar-refractivity contribution in [3.8, 4) is 0 Å². The highest BCUT2D eigenvalue weighted by Crippen LogP contribution is 2.39. The summed E-state index contributed by atoms with van der Waals surface area (Å²) >= 11 is 0. The summed E-state index contributed by atoms with van der Waals surface area (Å²) in [6.45, 7) is 5.79. The average molecular weight is 254 g/mol. The minimum atomic E-state index is 0.277. The van der Waals surface area contributed by atoms with E-state index in [4.69, 9.17) is 5.11 Å². The van der Waals surface area contributed by atoms with Crippen LogP contribution in [0.4, 0.5) is 0 Å². The quantitative estimate of drug-likeness (QED) is 0.728. The molecule has 0 aliphatic heterocycles. The van der Waals surface area contributed by atoms with E-state index in [0.717, 1.165) is 25.0 Å². The van der Waals surface area contributed by atoms with E-state index in [1.807, 2.05) is 0 Å². The Balaban J connectivity index is 1.87. The summed E-state index contributed by atoms with van der Waals surface area (Å²) in [5, 5.41) is 12.8. The van der Waals surface area contributed by atoms with E-state index in [0.29, 0.717) is 5.41 Å². The predicted octanol–water partition coefficient (Wildman–Crippen LogP) is 1.86. The molecule has 0 bridgehead atoms. The molecule has 0 aromatic rings. The fourth-order valence-corrected chi connectivity index (χ4v) is 3.24. The molecule has 2 aliphatic rings. The molecule has 106 valence electrons. The number of likely N-dealkylation sites (N-methyl/N-ethyl adjacent to an activating group) is 1. The highest BCUT2D eigenvalue weighted by Gasteiger charge is 2.36. The van der Waals surface area contributed by atoms with Crippen LogP contribution in [-0.2, 0) is 0 Å². The summed E-state index contributed by atoms with van der Waals surface area (Å²) in [5.74, 6) is 0.905. The lowest BCUT2D eigenvalue weighted by Crippen LogP contribution is -2.46. The van der Waals surface area contributed by atoms with Gasteiger partial charge >= 0.3 is 0 Å². The normalized spacial score (nSPS) is 33.0. The molecule has 0 amide bonds. The number of hydrogen-bond acceptors (Lipinski definition) is 3. The largest absolute Gasteiger partial charge is 0.395 e. The van der Waals surface area contributed by atoms with Gasteiger partial charge in [0.15, 0.2) is 0 Å². The maximum Gasteiger partial charge on any atom is 0.0558 e. The summed E-state index contributed by atoms with van der Waals surface area (Å²) in [6, 6.07) is 0.810. The van der Waals surface area contributed by atoms with Crippen molar-refractivity contribution in [2.24, 2.45) is 11.3 Å². The molecule has 0 saturated heterocycles. The average Bonchev–Trinajstić information content (AvgIpc) is 3.15. The van der Waals surface area contributed by atoms with Gasteiger partial charge in [0.2, 0.25) is 0 Å². The molecule has 0 heterocycles. The second-order valence-electron chi connectivity index (χ2n) is 6.80. The van der Waals surface area contributed by atoms with Crippen LogP contribution in [0.15, 0.2) is 0 Å². The standard InChI is InChI=1S/C15H30N2O/c1-13-5-7-15(8-6-13,11-16-14-3-4-14)12-17(2)9-10-18/h13-14,16,18H,3-12H2,1-2H3. The van der Waals surface area contributed by atoms with Crippen LogP contribution in [0.2, 0.25) is 0 Å². The number of aliphatic hydroxyl groups is 1. The topological polar surface area (TPSA) is 35.5 Å². The molecule has 2 saturated carbocycles. The first kappa shape index (κ1) is 14.3. The number of rotatable bonds is 7. The van der Waals surface area contributed by atoms with Gasteiger partial charge in [-0.25, -0.2) is 0 Å². The third-order valence-electron chi connectivity index (χ3n) is 4.77. The summed E-state index contributed by atoms with van der Waals surface area (Å²) < 4.78 is 0. The third kappa shape index (κ3) is 4.22. The fraction of sp³-hybridized carbons (Fsp3) is 1.00. The minimum Gasteiger partial charge on any atom is -0.395 e. The summed E-state index contributed by atoms with van der Waals surface area (Å²) in [7, 11) is 2.15. The van der Waals surface area contributed by atoms with Crippen LogP contribution in [-0.4, -0.2) is 49.3 Å². The monoisotopic (exact) mass is 254 g/mol. The number of nitrogens with one attached hydrogen (secondary N) is 1. The van der Waals surface area contributed by atoms with E-state index >= 15 is 0 Å². The molecule has 2 aliphatic carbocycles. The zero-order chi connectivity index (χ0) is 13.0. The zero-order valence-corrected chi connectivity index (χ0v) is 12.1. The van der Waals surface area contributed by atoms with Gasteiger partial charge in [0, 0.05) is 25.7 Å². The van der Waals surface area contributed by atoms with Crippen LogP contribution in [0.3, 0.4) is 0 Å². The Morgan fingerprint density at radius 1 is 1.22 bits per heavy atom. The molecule has 0 unspecified atom stereocenters. The van der Waals surface area contributed by atoms with E-state index in [1.165, 1.54) is 45.1 Å². The van der Waals surface area contributed by atoms with Gasteiger partial charge in [-0.1, -0.05) is 19.8 Å². The first-order valence-electron chi connectivity index (χ1n) is 7.66. The number of aliphatic hydroxyl groups excluding tert-OH is 1. The van der Waals surface area contributed by atoms with Crippen LogP contribution >= 0.6 is 0 Å². The molecular weight excluding hydrogens is 224 g/mol. The van der Waals surface area contributed by atoms with Gasteiger partial charge in [0.1, 0.15) is 0 Å². The van der Waals surface area contributed by atoms with Crippen molar-refractivity contribution in [1.82, 2.24) is 10.2 Å². The lowest BCUT2D eigenvalue weighted by Gasteiger charge is -2.42. The zero-order valence-electron chi connectivity index (χ0n) is 12.1. The highest BCUT2D eigenvalue weighted by molar-refractivity contribution is 4.92. The van der Waals surface area contributed by atoms with E-state index < -0.39 is 0 Å². The maximum atomic E-state index is 9.06. The second kappa shape index (κ2) is 6.36. The Labute approximate surface area is 112 Å². The Morgan fingerprint density at radius 3 is 2.44 bits per heavy atom. The molecule has 2 rings (SSSR count). The summed E-state index contributed by atoms with van der Waals surface area (Å²) in [6.07, 6.45) is 8.20. The Morgan fingerprint density at radius 2 is 1.89 bits per heavy atom. The van der Waals surface area contributed by atoms with Crippen molar-refractivity contribution in [3.63, 3.8) is 0 Å². The van der Waals surface area contributed by atoms with Crippen LogP contribution in [0.25, 0.3) is 0 Å². The SMILES string of the molecule is CC1CCC(CNC2CC2)(CN(C)CCO)CC1. The Kier molecular flexibility index (Phi) is 5.05. The molecule has 18 heavy (non-hydrogen) atoms. The molecule has 0 atom stereocenters. The third-order valence-corrected chi connectivity index (χ3v) is 4.77. The van der Waals surface area contributed by atoms with E-state index in [9.17, 15) is 0 Å². The van der Waals surface area contributed by atoms with Crippen molar-refractivity contribution in [3.05, 3.63) is 0 Å². The number of nitrogens with zero attached hydrogens (tertiary/aromatic N) is 1. The van der Waals surface area contributed by atoms with Crippen molar-refractivity contribution in [2.75, 3.05) is 33.3 Å². The lowest BCUT2D eigenvalue weighted by atomic mass is 9.70. The molecule has 3 heteroatoms. The van der Waals surface area contributed by atoms with Gasteiger partial charge in [-0.3, -0.25) is 0 Å². The van der Waals surface area contributed by atoms with Crippen LogP contribution in [0, 0.1) is 11.3 Å². The van der Waals surface area contributed by atoms with E-state index in [-0.39, 0.29) is 6.61 Å². The van der Waals surface area contributed by atoms with Gasteiger partial charge in [0.05, 0.1) is 6.61 Å². The molecule has 0 aromatic carbocycles. The van der Waals surface area contributed by atoms with Crippen molar-refractivity contribution >= 4 is 0 Å². The molecule has 0 radical (unpaired) electrons. The first-order valence-corrected chi connectivity index (χ1v) is 7.66. The van der Waals surface area contributed by atoms with Gasteiger partial charge in [-0.15, -0.1) is 0 Å². The molecular formula is C15H30N2O. The molecule has 2 fully saturated rings. The Hall–Kier alpha value is -0.120. The Bertz CT molecular complexity index is 245. The van der Waals surface area contributed by atoms with Crippen LogP contribution < -0.4 is 5.32 Å². The number of hydrogen-bond donors (Lipinski definition) is 2. The second-order valence-corrected chi connectivity index (χ2v) is 6.80. The molecule has 0 aromatic heterocycles. The fourth-order valence-electron chi connectivity index (χ4n) is 3.24. The van der Waals surface area contributed by atoms with E-state index in [2.05, 4.69) is 24.2 Å². The summed E-state index contributed by atoms with van der Waals surface area (Å²) in [5.41, 5.74) is 0.457.